The normalized spacial score (nSPS) is 10.7. The standard InChI is InChI=1S/C18H20N2O6S/c1-3-26-18(22)12-17(21)19-13-6-10-16(11-7-13)27(23,24)20-14-4-8-15(25-2)9-5-14/h4-11,20H,3,12H2,1-2H3,(H,19,21). The topological polar surface area (TPSA) is 111 Å². The van der Waals surface area contributed by atoms with E-state index < -0.39 is 28.3 Å². The maximum atomic E-state index is 12.4. The third kappa shape index (κ3) is 6.00. The molecule has 0 aliphatic carbocycles. The fraction of sp³-hybridized carbons (Fsp3) is 0.222. The van der Waals surface area contributed by atoms with Crippen LogP contribution in [0, 0.1) is 0 Å². The van der Waals surface area contributed by atoms with Crippen LogP contribution in [0.3, 0.4) is 0 Å². The first kappa shape index (κ1) is 20.2. The van der Waals surface area contributed by atoms with E-state index in [2.05, 4.69) is 14.8 Å². The summed E-state index contributed by atoms with van der Waals surface area (Å²) < 4.78 is 37.0. The Morgan fingerprint density at radius 2 is 1.56 bits per heavy atom. The molecule has 0 atom stereocenters. The fourth-order valence-electron chi connectivity index (χ4n) is 2.14. The van der Waals surface area contributed by atoms with E-state index in [0.717, 1.165) is 0 Å². The van der Waals surface area contributed by atoms with E-state index in [1.165, 1.54) is 31.4 Å². The first-order chi connectivity index (χ1) is 12.8. The van der Waals surface area contributed by atoms with Gasteiger partial charge in [0.05, 0.1) is 18.6 Å². The molecule has 0 bridgehead atoms. The van der Waals surface area contributed by atoms with Crippen LogP contribution >= 0.6 is 0 Å². The lowest BCUT2D eigenvalue weighted by Crippen LogP contribution is -2.18. The molecule has 9 heteroatoms. The highest BCUT2D eigenvalue weighted by molar-refractivity contribution is 7.92. The van der Waals surface area contributed by atoms with Crippen molar-refractivity contribution in [2.75, 3.05) is 23.8 Å². The van der Waals surface area contributed by atoms with E-state index in [4.69, 9.17) is 4.74 Å². The van der Waals surface area contributed by atoms with Gasteiger partial charge in [-0.25, -0.2) is 8.42 Å². The van der Waals surface area contributed by atoms with Gasteiger partial charge in [0.15, 0.2) is 0 Å². The molecular weight excluding hydrogens is 372 g/mol. The number of sulfonamides is 1. The van der Waals surface area contributed by atoms with Gasteiger partial charge in [0.2, 0.25) is 5.91 Å². The van der Waals surface area contributed by atoms with Gasteiger partial charge in [0.25, 0.3) is 10.0 Å². The van der Waals surface area contributed by atoms with Crippen LogP contribution in [-0.4, -0.2) is 34.0 Å². The number of carbonyl (C=O) groups excluding carboxylic acids is 2. The number of ether oxygens (including phenoxy) is 2. The van der Waals surface area contributed by atoms with Crippen molar-refractivity contribution in [3.05, 3.63) is 48.5 Å². The molecule has 8 nitrogen and oxygen atoms in total. The zero-order chi connectivity index (χ0) is 19.9. The second-order valence-electron chi connectivity index (χ2n) is 5.39. The Hall–Kier alpha value is -3.07. The first-order valence-electron chi connectivity index (χ1n) is 8.06. The Balaban J connectivity index is 2.02. The molecule has 144 valence electrons. The summed E-state index contributed by atoms with van der Waals surface area (Å²) in [4.78, 5) is 23.0. The van der Waals surface area contributed by atoms with E-state index in [0.29, 0.717) is 17.1 Å². The molecule has 2 N–H and O–H groups in total. The Bertz CT molecular complexity index is 892. The summed E-state index contributed by atoms with van der Waals surface area (Å²) in [6.45, 7) is 1.84. The van der Waals surface area contributed by atoms with Gasteiger partial charge < -0.3 is 14.8 Å². The van der Waals surface area contributed by atoms with Crippen molar-refractivity contribution in [3.63, 3.8) is 0 Å². The molecule has 0 aromatic heterocycles. The van der Waals surface area contributed by atoms with E-state index in [-0.39, 0.29) is 11.5 Å². The van der Waals surface area contributed by atoms with Crippen molar-refractivity contribution in [1.29, 1.82) is 0 Å². The van der Waals surface area contributed by atoms with Gasteiger partial charge in [-0.15, -0.1) is 0 Å². The van der Waals surface area contributed by atoms with Gasteiger partial charge in [0, 0.05) is 11.4 Å². The Kier molecular flexibility index (Phi) is 6.78. The monoisotopic (exact) mass is 392 g/mol. The lowest BCUT2D eigenvalue weighted by molar-refractivity contribution is -0.145. The third-order valence-corrected chi connectivity index (χ3v) is 4.80. The minimum absolute atomic E-state index is 0.0294. The van der Waals surface area contributed by atoms with Gasteiger partial charge >= 0.3 is 5.97 Å². The summed E-state index contributed by atoms with van der Waals surface area (Å²) in [5.41, 5.74) is 0.760. The van der Waals surface area contributed by atoms with E-state index in [1.54, 1.807) is 31.2 Å². The predicted octanol–water partition coefficient (Wildman–Crippen LogP) is 2.39. The van der Waals surface area contributed by atoms with Crippen LogP contribution in [0.4, 0.5) is 11.4 Å². The summed E-state index contributed by atoms with van der Waals surface area (Å²) >= 11 is 0. The summed E-state index contributed by atoms with van der Waals surface area (Å²) in [6, 6.07) is 12.0. The van der Waals surface area contributed by atoms with Crippen molar-refractivity contribution in [3.8, 4) is 5.75 Å². The number of nitrogens with one attached hydrogen (secondary N) is 2. The van der Waals surface area contributed by atoms with Gasteiger partial charge in [-0.2, -0.15) is 0 Å². The molecule has 27 heavy (non-hydrogen) atoms. The van der Waals surface area contributed by atoms with E-state index in [1.807, 2.05) is 0 Å². The number of esters is 1. The Morgan fingerprint density at radius 3 is 2.11 bits per heavy atom. The molecule has 0 heterocycles. The highest BCUT2D eigenvalue weighted by Gasteiger charge is 2.15. The summed E-state index contributed by atoms with van der Waals surface area (Å²) in [5.74, 6) is -0.556. The van der Waals surface area contributed by atoms with Gasteiger partial charge in [-0.05, 0) is 55.5 Å². The van der Waals surface area contributed by atoms with Crippen LogP contribution in [0.1, 0.15) is 13.3 Å². The smallest absolute Gasteiger partial charge is 0.315 e. The molecule has 0 aliphatic heterocycles. The number of methoxy groups -OCH3 is 1. The molecule has 2 rings (SSSR count). The molecule has 0 unspecified atom stereocenters. The fourth-order valence-corrected chi connectivity index (χ4v) is 3.20. The van der Waals surface area contributed by atoms with Crippen LogP contribution in [0.15, 0.2) is 53.4 Å². The Labute approximate surface area is 157 Å². The highest BCUT2D eigenvalue weighted by atomic mass is 32.2. The van der Waals surface area contributed by atoms with Crippen molar-refractivity contribution in [2.24, 2.45) is 0 Å². The number of benzene rings is 2. The first-order valence-corrected chi connectivity index (χ1v) is 9.55. The SMILES string of the molecule is CCOC(=O)CC(=O)Nc1ccc(S(=O)(=O)Nc2ccc(OC)cc2)cc1. The molecule has 0 spiro atoms. The van der Waals surface area contributed by atoms with Crippen molar-refractivity contribution >= 4 is 33.3 Å². The lowest BCUT2D eigenvalue weighted by Gasteiger charge is -2.10. The average molecular weight is 392 g/mol. The third-order valence-electron chi connectivity index (χ3n) is 3.40. The Morgan fingerprint density at radius 1 is 0.963 bits per heavy atom. The molecule has 0 saturated carbocycles. The molecule has 0 saturated heterocycles. The maximum absolute atomic E-state index is 12.4. The van der Waals surface area contributed by atoms with Crippen LogP contribution in [0.2, 0.25) is 0 Å². The predicted molar refractivity (Wildman–Crippen MR) is 100 cm³/mol. The van der Waals surface area contributed by atoms with Gasteiger partial charge in [-0.1, -0.05) is 0 Å². The minimum Gasteiger partial charge on any atom is -0.497 e. The largest absolute Gasteiger partial charge is 0.497 e. The summed E-state index contributed by atoms with van der Waals surface area (Å²) in [5, 5.41) is 2.50. The zero-order valence-electron chi connectivity index (χ0n) is 14.9. The number of amides is 1. The van der Waals surface area contributed by atoms with Gasteiger partial charge in [0.1, 0.15) is 12.2 Å². The second kappa shape index (κ2) is 9.04. The van der Waals surface area contributed by atoms with Crippen LogP contribution in [0.5, 0.6) is 5.75 Å². The van der Waals surface area contributed by atoms with Crippen LogP contribution < -0.4 is 14.8 Å². The highest BCUT2D eigenvalue weighted by Crippen LogP contribution is 2.20. The van der Waals surface area contributed by atoms with Crippen molar-refractivity contribution in [1.82, 2.24) is 0 Å². The maximum Gasteiger partial charge on any atom is 0.315 e. The minimum atomic E-state index is -3.78. The lowest BCUT2D eigenvalue weighted by atomic mass is 10.3. The molecule has 0 fully saturated rings. The molecule has 0 radical (unpaired) electrons. The molecule has 0 aliphatic rings. The quantitative estimate of drug-likeness (QED) is 0.527. The number of anilines is 2. The molecule has 2 aromatic carbocycles. The summed E-state index contributed by atoms with van der Waals surface area (Å²) in [6.07, 6.45) is -0.410. The molecular formula is C18H20N2O6S. The molecule has 1 amide bonds. The number of carbonyl (C=O) groups is 2. The summed E-state index contributed by atoms with van der Waals surface area (Å²) in [7, 11) is -2.26. The van der Waals surface area contributed by atoms with E-state index in [9.17, 15) is 18.0 Å². The van der Waals surface area contributed by atoms with Gasteiger partial charge in [-0.3, -0.25) is 14.3 Å². The number of rotatable bonds is 8. The zero-order valence-corrected chi connectivity index (χ0v) is 15.7. The van der Waals surface area contributed by atoms with Crippen molar-refractivity contribution < 1.29 is 27.5 Å². The van der Waals surface area contributed by atoms with E-state index >= 15 is 0 Å². The number of hydrogen-bond donors (Lipinski definition) is 2. The van der Waals surface area contributed by atoms with Crippen molar-refractivity contribution in [2.45, 2.75) is 18.2 Å². The molecule has 2 aromatic rings. The average Bonchev–Trinajstić information content (AvgIpc) is 2.62. The second-order valence-corrected chi connectivity index (χ2v) is 7.07. The van der Waals surface area contributed by atoms with Crippen LogP contribution in [-0.2, 0) is 24.3 Å². The number of hydrogen-bond acceptors (Lipinski definition) is 6. The van der Waals surface area contributed by atoms with Crippen LogP contribution in [0.25, 0.3) is 0 Å².